The Morgan fingerprint density at radius 1 is 1.47 bits per heavy atom. The minimum Gasteiger partial charge on any atom is -0.383 e. The Balaban J connectivity index is 2.35. The van der Waals surface area contributed by atoms with E-state index in [1.165, 1.54) is 12.3 Å². The number of hydrogen-bond donors (Lipinski definition) is 1. The van der Waals surface area contributed by atoms with Gasteiger partial charge in [-0.25, -0.2) is 13.4 Å². The number of aromatic nitrogens is 1. The lowest BCUT2D eigenvalue weighted by Gasteiger charge is -2.34. The van der Waals surface area contributed by atoms with Crippen molar-refractivity contribution in [2.24, 2.45) is 0 Å². The van der Waals surface area contributed by atoms with Crippen LogP contribution in [-0.4, -0.2) is 30.3 Å². The maximum atomic E-state index is 12.7. The highest BCUT2D eigenvalue weighted by atomic mass is 32.2. The van der Waals surface area contributed by atoms with E-state index in [0.29, 0.717) is 6.54 Å². The van der Waals surface area contributed by atoms with E-state index in [0.717, 1.165) is 32.1 Å². The zero-order chi connectivity index (χ0) is 13.9. The smallest absolute Gasteiger partial charge is 0.246 e. The predicted molar refractivity (Wildman–Crippen MR) is 75.1 cm³/mol. The molecule has 1 atom stereocenters. The fraction of sp³-hybridized carbons (Fsp3) is 0.615. The van der Waals surface area contributed by atoms with Gasteiger partial charge in [0.15, 0.2) is 0 Å². The van der Waals surface area contributed by atoms with Crippen molar-refractivity contribution >= 4 is 15.8 Å². The molecule has 0 amide bonds. The van der Waals surface area contributed by atoms with E-state index in [9.17, 15) is 8.42 Å². The summed E-state index contributed by atoms with van der Waals surface area (Å²) in [5, 5.41) is 0. The number of piperidine rings is 1. The number of rotatable bonds is 4. The van der Waals surface area contributed by atoms with Gasteiger partial charge in [-0.15, -0.1) is 0 Å². The zero-order valence-electron chi connectivity index (χ0n) is 11.2. The normalized spacial score (nSPS) is 21.4. The summed E-state index contributed by atoms with van der Waals surface area (Å²) < 4.78 is 27.0. The van der Waals surface area contributed by atoms with Crippen LogP contribution in [0.4, 0.5) is 5.82 Å². The first-order valence-electron chi connectivity index (χ1n) is 6.79. The van der Waals surface area contributed by atoms with Crippen molar-refractivity contribution in [3.63, 3.8) is 0 Å². The first-order chi connectivity index (χ1) is 9.07. The molecule has 6 heteroatoms. The Labute approximate surface area is 114 Å². The molecule has 0 spiro atoms. The van der Waals surface area contributed by atoms with E-state index in [-0.39, 0.29) is 16.8 Å². The third-order valence-electron chi connectivity index (χ3n) is 3.58. The van der Waals surface area contributed by atoms with E-state index in [4.69, 9.17) is 5.73 Å². The van der Waals surface area contributed by atoms with Crippen molar-refractivity contribution in [1.82, 2.24) is 9.29 Å². The molecule has 2 N–H and O–H groups in total. The highest BCUT2D eigenvalue weighted by Crippen LogP contribution is 2.29. The van der Waals surface area contributed by atoms with Gasteiger partial charge in [0.05, 0.1) is 0 Å². The lowest BCUT2D eigenvalue weighted by Crippen LogP contribution is -2.43. The van der Waals surface area contributed by atoms with Crippen LogP contribution in [0.1, 0.15) is 39.0 Å². The van der Waals surface area contributed by atoms with Crippen molar-refractivity contribution in [3.05, 3.63) is 18.3 Å². The molecule has 1 fully saturated rings. The van der Waals surface area contributed by atoms with Gasteiger partial charge in [0.25, 0.3) is 0 Å². The lowest BCUT2D eigenvalue weighted by molar-refractivity contribution is 0.239. The fourth-order valence-electron chi connectivity index (χ4n) is 2.66. The quantitative estimate of drug-likeness (QED) is 0.917. The molecule has 19 heavy (non-hydrogen) atoms. The molecule has 1 aromatic rings. The summed E-state index contributed by atoms with van der Waals surface area (Å²) >= 11 is 0. The van der Waals surface area contributed by atoms with Gasteiger partial charge in [-0.05, 0) is 31.4 Å². The summed E-state index contributed by atoms with van der Waals surface area (Å²) in [4.78, 5) is 4.02. The van der Waals surface area contributed by atoms with Gasteiger partial charge in [0.1, 0.15) is 10.7 Å². The van der Waals surface area contributed by atoms with E-state index in [1.54, 1.807) is 10.4 Å². The van der Waals surface area contributed by atoms with E-state index < -0.39 is 10.0 Å². The van der Waals surface area contributed by atoms with Gasteiger partial charge in [-0.2, -0.15) is 4.31 Å². The molecule has 1 unspecified atom stereocenters. The van der Waals surface area contributed by atoms with Crippen molar-refractivity contribution in [2.45, 2.75) is 50.0 Å². The second kappa shape index (κ2) is 5.88. The minimum atomic E-state index is -3.52. The SMILES string of the molecule is CCCC1CCCCN1S(=O)(=O)c1cccnc1N. The van der Waals surface area contributed by atoms with Crippen molar-refractivity contribution < 1.29 is 8.42 Å². The Morgan fingerprint density at radius 3 is 2.95 bits per heavy atom. The summed E-state index contributed by atoms with van der Waals surface area (Å²) in [6.07, 6.45) is 6.35. The molecule has 2 rings (SSSR count). The standard InChI is InChI=1S/C13H21N3O2S/c1-2-6-11-7-3-4-10-16(11)19(17,18)12-8-5-9-15-13(12)14/h5,8-9,11H,2-4,6-7,10H2,1H3,(H2,14,15). The Hall–Kier alpha value is -1.14. The van der Waals surface area contributed by atoms with Crippen LogP contribution < -0.4 is 5.73 Å². The Morgan fingerprint density at radius 2 is 2.26 bits per heavy atom. The zero-order valence-corrected chi connectivity index (χ0v) is 12.1. The molecule has 0 aromatic carbocycles. The van der Waals surface area contributed by atoms with Crippen LogP contribution >= 0.6 is 0 Å². The molecule has 2 heterocycles. The highest BCUT2D eigenvalue weighted by Gasteiger charge is 2.34. The third-order valence-corrected chi connectivity index (χ3v) is 5.58. The first kappa shape index (κ1) is 14.3. The second-order valence-corrected chi connectivity index (χ2v) is 6.80. The molecule has 0 radical (unpaired) electrons. The molecule has 0 aliphatic carbocycles. The van der Waals surface area contributed by atoms with Crippen LogP contribution in [0, 0.1) is 0 Å². The van der Waals surface area contributed by atoms with Crippen LogP contribution in [0.5, 0.6) is 0 Å². The maximum Gasteiger partial charge on any atom is 0.246 e. The van der Waals surface area contributed by atoms with Gasteiger partial charge < -0.3 is 5.73 Å². The number of nitrogen functional groups attached to an aromatic ring is 1. The van der Waals surface area contributed by atoms with Crippen molar-refractivity contribution in [1.29, 1.82) is 0 Å². The molecule has 1 aliphatic rings. The van der Waals surface area contributed by atoms with Gasteiger partial charge >= 0.3 is 0 Å². The monoisotopic (exact) mass is 283 g/mol. The van der Waals surface area contributed by atoms with Crippen LogP contribution in [0.15, 0.2) is 23.2 Å². The van der Waals surface area contributed by atoms with E-state index in [1.807, 2.05) is 0 Å². The Kier molecular flexibility index (Phi) is 4.42. The van der Waals surface area contributed by atoms with Gasteiger partial charge in [-0.1, -0.05) is 19.8 Å². The first-order valence-corrected chi connectivity index (χ1v) is 8.23. The van der Waals surface area contributed by atoms with Gasteiger partial charge in [0, 0.05) is 18.8 Å². The van der Waals surface area contributed by atoms with Crippen LogP contribution in [-0.2, 0) is 10.0 Å². The molecule has 1 saturated heterocycles. The number of nitrogens with zero attached hydrogens (tertiary/aromatic N) is 2. The van der Waals surface area contributed by atoms with Crippen molar-refractivity contribution in [2.75, 3.05) is 12.3 Å². The number of anilines is 1. The van der Waals surface area contributed by atoms with Crippen LogP contribution in [0.2, 0.25) is 0 Å². The largest absolute Gasteiger partial charge is 0.383 e. The van der Waals surface area contributed by atoms with Crippen molar-refractivity contribution in [3.8, 4) is 0 Å². The highest BCUT2D eigenvalue weighted by molar-refractivity contribution is 7.89. The van der Waals surface area contributed by atoms with Crippen LogP contribution in [0.3, 0.4) is 0 Å². The third kappa shape index (κ3) is 2.90. The van der Waals surface area contributed by atoms with E-state index in [2.05, 4.69) is 11.9 Å². The topological polar surface area (TPSA) is 76.3 Å². The summed E-state index contributed by atoms with van der Waals surface area (Å²) in [7, 11) is -3.52. The number of pyridine rings is 1. The number of sulfonamides is 1. The average Bonchev–Trinajstić information content (AvgIpc) is 2.40. The Bertz CT molecular complexity index is 528. The molecule has 106 valence electrons. The van der Waals surface area contributed by atoms with Gasteiger partial charge in [-0.3, -0.25) is 0 Å². The van der Waals surface area contributed by atoms with Crippen LogP contribution in [0.25, 0.3) is 0 Å². The average molecular weight is 283 g/mol. The maximum absolute atomic E-state index is 12.7. The summed E-state index contributed by atoms with van der Waals surface area (Å²) in [5.41, 5.74) is 5.72. The summed E-state index contributed by atoms with van der Waals surface area (Å²) in [5.74, 6) is 0.0864. The minimum absolute atomic E-state index is 0.0864. The van der Waals surface area contributed by atoms with Gasteiger partial charge in [0.2, 0.25) is 10.0 Å². The molecular weight excluding hydrogens is 262 g/mol. The molecule has 1 aromatic heterocycles. The number of nitrogens with two attached hydrogens (primary N) is 1. The second-order valence-electron chi connectivity index (χ2n) is 4.94. The molecule has 5 nitrogen and oxygen atoms in total. The fourth-order valence-corrected chi connectivity index (χ4v) is 4.45. The van der Waals surface area contributed by atoms with E-state index >= 15 is 0 Å². The molecule has 1 aliphatic heterocycles. The summed E-state index contributed by atoms with van der Waals surface area (Å²) in [6, 6.07) is 3.25. The predicted octanol–water partition coefficient (Wildman–Crippen LogP) is 2.01. The number of hydrogen-bond acceptors (Lipinski definition) is 4. The lowest BCUT2D eigenvalue weighted by atomic mass is 10.0. The molecule has 0 saturated carbocycles. The molecule has 0 bridgehead atoms. The molecular formula is C13H21N3O2S. The summed E-state index contributed by atoms with van der Waals surface area (Å²) in [6.45, 7) is 2.67.